The van der Waals surface area contributed by atoms with Gasteiger partial charge in [0.2, 0.25) is 0 Å². The predicted octanol–water partition coefficient (Wildman–Crippen LogP) is 3.50. The van der Waals surface area contributed by atoms with Crippen LogP contribution in [0.5, 0.6) is 0 Å². The van der Waals surface area contributed by atoms with Crippen LogP contribution < -0.4 is 9.21 Å². The highest BCUT2D eigenvalue weighted by atomic mass is 35.5. The number of urea groups is 1. The van der Waals surface area contributed by atoms with E-state index in [1.54, 1.807) is 37.3 Å². The molecular weight excluding hydrogens is 324 g/mol. The summed E-state index contributed by atoms with van der Waals surface area (Å²) < 4.78 is 26.4. The average molecular weight is 337 g/mol. The van der Waals surface area contributed by atoms with E-state index in [4.69, 9.17) is 11.6 Å². The van der Waals surface area contributed by atoms with Crippen LogP contribution in [-0.4, -0.2) is 21.0 Å². The van der Waals surface area contributed by atoms with Crippen LogP contribution in [0.2, 0.25) is 5.02 Å². The Balaban J connectivity index is 2.24. The molecule has 7 heteroatoms. The number of carbonyl (C=O) groups excluding carboxylic acids is 1. The number of carbonyl (C=O) groups is 1. The van der Waals surface area contributed by atoms with E-state index in [2.05, 4.69) is 0 Å². The van der Waals surface area contributed by atoms with Gasteiger partial charge in [-0.15, -0.1) is 0 Å². The van der Waals surface area contributed by atoms with E-state index in [9.17, 15) is 13.2 Å². The second kappa shape index (κ2) is 5.30. The zero-order valence-electron chi connectivity index (χ0n) is 11.7. The van der Waals surface area contributed by atoms with Crippen LogP contribution in [0.4, 0.5) is 16.2 Å². The molecule has 2 aromatic carbocycles. The molecule has 0 radical (unpaired) electrons. The molecule has 1 aliphatic rings. The number of hydrogen-bond acceptors (Lipinski definition) is 3. The van der Waals surface area contributed by atoms with Crippen molar-refractivity contribution in [2.24, 2.45) is 0 Å². The van der Waals surface area contributed by atoms with Crippen LogP contribution in [0.1, 0.15) is 6.92 Å². The van der Waals surface area contributed by atoms with Crippen LogP contribution in [0.25, 0.3) is 0 Å². The summed E-state index contributed by atoms with van der Waals surface area (Å²) >= 11 is 5.83. The Morgan fingerprint density at radius 2 is 1.68 bits per heavy atom. The second-order valence-corrected chi connectivity index (χ2v) is 6.93. The van der Waals surface area contributed by atoms with Gasteiger partial charge in [0.1, 0.15) is 4.90 Å². The standard InChI is InChI=1S/C15H13ClN2O3S/c1-2-17-13-5-3-4-6-14(13)22(20,21)18(15(17)19)12-9-7-11(16)8-10-12/h3-10H,2H2,1H3. The number of rotatable bonds is 2. The van der Waals surface area contributed by atoms with E-state index >= 15 is 0 Å². The molecule has 0 aliphatic carbocycles. The molecule has 22 heavy (non-hydrogen) atoms. The molecule has 2 amide bonds. The van der Waals surface area contributed by atoms with Crippen molar-refractivity contribution in [2.75, 3.05) is 15.7 Å². The van der Waals surface area contributed by atoms with Crippen molar-refractivity contribution in [2.45, 2.75) is 11.8 Å². The first kappa shape index (κ1) is 14.9. The number of sulfonamides is 1. The van der Waals surface area contributed by atoms with Gasteiger partial charge in [0.25, 0.3) is 10.0 Å². The second-order valence-electron chi connectivity index (χ2n) is 4.74. The van der Waals surface area contributed by atoms with Crippen LogP contribution in [-0.2, 0) is 10.0 Å². The maximum atomic E-state index is 12.8. The Morgan fingerprint density at radius 1 is 1.05 bits per heavy atom. The molecule has 1 aliphatic heterocycles. The van der Waals surface area contributed by atoms with Crippen LogP contribution >= 0.6 is 11.6 Å². The molecule has 0 fully saturated rings. The van der Waals surface area contributed by atoms with Crippen molar-refractivity contribution in [1.29, 1.82) is 0 Å². The molecule has 0 aromatic heterocycles. The molecule has 0 spiro atoms. The summed E-state index contributed by atoms with van der Waals surface area (Å²) in [5, 5.41) is 0.471. The lowest BCUT2D eigenvalue weighted by Gasteiger charge is -2.35. The fourth-order valence-electron chi connectivity index (χ4n) is 2.44. The number of halogens is 1. The number of fused-ring (bicyclic) bond motifs is 1. The molecule has 5 nitrogen and oxygen atoms in total. The largest absolute Gasteiger partial charge is 0.343 e. The monoisotopic (exact) mass is 336 g/mol. The smallest absolute Gasteiger partial charge is 0.292 e. The van der Waals surface area contributed by atoms with Gasteiger partial charge in [0.05, 0.1) is 11.4 Å². The number of benzene rings is 2. The van der Waals surface area contributed by atoms with E-state index in [-0.39, 0.29) is 10.6 Å². The van der Waals surface area contributed by atoms with Gasteiger partial charge in [-0.05, 0) is 43.3 Å². The minimum atomic E-state index is -3.94. The Hall–Kier alpha value is -2.05. The van der Waals surface area contributed by atoms with Crippen LogP contribution in [0.15, 0.2) is 53.4 Å². The molecule has 0 saturated carbocycles. The van der Waals surface area contributed by atoms with Gasteiger partial charge < -0.3 is 0 Å². The zero-order chi connectivity index (χ0) is 15.9. The molecular formula is C15H13ClN2O3S. The number of hydrogen-bond donors (Lipinski definition) is 0. The van der Waals surface area contributed by atoms with Gasteiger partial charge in [0.15, 0.2) is 0 Å². The minimum absolute atomic E-state index is 0.117. The third kappa shape index (κ3) is 2.15. The minimum Gasteiger partial charge on any atom is -0.292 e. The molecule has 0 N–H and O–H groups in total. The lowest BCUT2D eigenvalue weighted by molar-refractivity contribution is 0.254. The van der Waals surface area contributed by atoms with Crippen molar-refractivity contribution in [3.8, 4) is 0 Å². The topological polar surface area (TPSA) is 57.7 Å². The Labute approximate surface area is 133 Å². The molecule has 0 unspecified atom stereocenters. The third-order valence-corrected chi connectivity index (χ3v) is 5.46. The summed E-state index contributed by atoms with van der Waals surface area (Å²) in [5.41, 5.74) is 0.669. The average Bonchev–Trinajstić information content (AvgIpc) is 2.49. The lowest BCUT2D eigenvalue weighted by atomic mass is 10.3. The Bertz CT molecular complexity index is 834. The van der Waals surface area contributed by atoms with Crippen molar-refractivity contribution < 1.29 is 13.2 Å². The van der Waals surface area contributed by atoms with Gasteiger partial charge in [-0.1, -0.05) is 23.7 Å². The van der Waals surface area contributed by atoms with Crippen LogP contribution in [0, 0.1) is 0 Å². The highest BCUT2D eigenvalue weighted by molar-refractivity contribution is 7.94. The first-order valence-corrected chi connectivity index (χ1v) is 8.50. The molecule has 0 atom stereocenters. The van der Waals surface area contributed by atoms with Crippen molar-refractivity contribution in [3.63, 3.8) is 0 Å². The van der Waals surface area contributed by atoms with Gasteiger partial charge in [-0.2, -0.15) is 4.31 Å². The van der Waals surface area contributed by atoms with E-state index in [1.807, 2.05) is 0 Å². The summed E-state index contributed by atoms with van der Waals surface area (Å²) in [6.07, 6.45) is 0. The van der Waals surface area contributed by atoms with Gasteiger partial charge in [-0.25, -0.2) is 13.2 Å². The fourth-order valence-corrected chi connectivity index (χ4v) is 4.16. The normalized spacial score (nSPS) is 16.5. The van der Waals surface area contributed by atoms with Crippen molar-refractivity contribution in [1.82, 2.24) is 0 Å². The van der Waals surface area contributed by atoms with Crippen LogP contribution in [0.3, 0.4) is 0 Å². The van der Waals surface area contributed by atoms with Gasteiger partial charge in [0, 0.05) is 11.6 Å². The summed E-state index contributed by atoms with van der Waals surface area (Å²) in [6.45, 7) is 2.17. The number of para-hydroxylation sites is 1. The lowest BCUT2D eigenvalue weighted by Crippen LogP contribution is -2.51. The zero-order valence-corrected chi connectivity index (χ0v) is 13.3. The molecule has 114 valence electrons. The third-order valence-electron chi connectivity index (χ3n) is 3.46. The number of nitrogens with zero attached hydrogens (tertiary/aromatic N) is 2. The van der Waals surface area contributed by atoms with E-state index in [0.29, 0.717) is 17.3 Å². The first-order chi connectivity index (χ1) is 10.5. The number of amides is 2. The van der Waals surface area contributed by atoms with E-state index in [0.717, 1.165) is 4.31 Å². The summed E-state index contributed by atoms with van der Waals surface area (Å²) in [7, 11) is -3.94. The van der Waals surface area contributed by atoms with Crippen molar-refractivity contribution >= 4 is 39.0 Å². The predicted molar refractivity (Wildman–Crippen MR) is 86.0 cm³/mol. The maximum Gasteiger partial charge on any atom is 0.343 e. The molecule has 0 bridgehead atoms. The molecule has 1 heterocycles. The number of anilines is 2. The Morgan fingerprint density at radius 3 is 2.32 bits per heavy atom. The SMILES string of the molecule is CCN1C(=O)N(c2ccc(Cl)cc2)S(=O)(=O)c2ccccc21. The quantitative estimate of drug-likeness (QED) is 0.843. The first-order valence-electron chi connectivity index (χ1n) is 6.68. The van der Waals surface area contributed by atoms with Gasteiger partial charge in [-0.3, -0.25) is 4.90 Å². The van der Waals surface area contributed by atoms with E-state index in [1.165, 1.54) is 23.1 Å². The molecule has 0 saturated heterocycles. The summed E-state index contributed by atoms with van der Waals surface area (Å²) in [6, 6.07) is 12.0. The molecule has 3 rings (SSSR count). The Kier molecular flexibility index (Phi) is 3.58. The maximum absolute atomic E-state index is 12.8. The van der Waals surface area contributed by atoms with E-state index < -0.39 is 16.1 Å². The van der Waals surface area contributed by atoms with Gasteiger partial charge >= 0.3 is 6.03 Å². The highest BCUT2D eigenvalue weighted by Gasteiger charge is 2.41. The molecule has 2 aromatic rings. The summed E-state index contributed by atoms with van der Waals surface area (Å²) in [5.74, 6) is 0. The highest BCUT2D eigenvalue weighted by Crippen LogP contribution is 2.37. The van der Waals surface area contributed by atoms with Crippen molar-refractivity contribution in [3.05, 3.63) is 53.6 Å². The fraction of sp³-hybridized carbons (Fsp3) is 0.133. The summed E-state index contributed by atoms with van der Waals surface area (Å²) in [4.78, 5) is 14.2.